The molecule has 5 N–H and O–H groups in total. The van der Waals surface area contributed by atoms with Crippen molar-refractivity contribution in [3.8, 4) is 0 Å². The van der Waals surface area contributed by atoms with Crippen LogP contribution in [0.1, 0.15) is 60.4 Å². The fourth-order valence-corrected chi connectivity index (χ4v) is 7.71. The maximum Gasteiger partial charge on any atom is 0.315 e. The summed E-state index contributed by atoms with van der Waals surface area (Å²) >= 11 is 0. The lowest BCUT2D eigenvalue weighted by atomic mass is 9.90. The average Bonchev–Trinajstić information content (AvgIpc) is 3.59. The maximum atomic E-state index is 14.8. The Balaban J connectivity index is 1.19. The van der Waals surface area contributed by atoms with E-state index in [-0.39, 0.29) is 41.8 Å². The summed E-state index contributed by atoms with van der Waals surface area (Å²) in [5.74, 6) is -0.982. The highest BCUT2D eigenvalue weighted by atomic mass is 16.2. The van der Waals surface area contributed by atoms with Crippen molar-refractivity contribution < 1.29 is 19.2 Å². The quantitative estimate of drug-likeness (QED) is 0.127. The zero-order chi connectivity index (χ0) is 37.0. The zero-order valence-electron chi connectivity index (χ0n) is 30.2. The molecule has 53 heavy (non-hydrogen) atoms. The first-order valence-electron chi connectivity index (χ1n) is 18.7. The summed E-state index contributed by atoms with van der Waals surface area (Å²) < 4.78 is 0. The molecule has 0 radical (unpaired) electrons. The summed E-state index contributed by atoms with van der Waals surface area (Å²) in [5, 5.41) is 15.4. The van der Waals surface area contributed by atoms with Gasteiger partial charge >= 0.3 is 6.03 Å². The predicted molar refractivity (Wildman–Crippen MR) is 205 cm³/mol. The van der Waals surface area contributed by atoms with Gasteiger partial charge in [-0.05, 0) is 73.7 Å². The average molecular weight is 715 g/mol. The van der Waals surface area contributed by atoms with Gasteiger partial charge in [-0.2, -0.15) is 0 Å². The van der Waals surface area contributed by atoms with Gasteiger partial charge in [0, 0.05) is 19.1 Å². The summed E-state index contributed by atoms with van der Waals surface area (Å²) in [6.45, 7) is 0.727. The Morgan fingerprint density at radius 1 is 0.717 bits per heavy atom. The summed E-state index contributed by atoms with van der Waals surface area (Å²) in [7, 11) is 1.74. The number of hydrogen-bond acceptors (Lipinski definition) is 5. The van der Waals surface area contributed by atoms with Crippen LogP contribution in [0, 0.1) is 5.92 Å². The Kier molecular flexibility index (Phi) is 12.9. The molecule has 10 heteroatoms. The molecule has 4 aromatic rings. The van der Waals surface area contributed by atoms with Crippen LogP contribution in [-0.4, -0.2) is 66.4 Å². The van der Waals surface area contributed by atoms with E-state index in [1.165, 1.54) is 0 Å². The van der Waals surface area contributed by atoms with Gasteiger partial charge in [-0.3, -0.25) is 14.4 Å². The van der Waals surface area contributed by atoms with Crippen molar-refractivity contribution >= 4 is 23.8 Å². The standard InChI is InChI=1S/C43H50N6O4/c1-44-36(28-30-14-6-2-7-15-30)40(50)48-39-34(26-27-45-43(53)46-29-31-16-8-3-9-17-31)22-23-35-24-25-37(49(35)42(39)52)41(51)47-38(32-18-10-4-11-19-32)33-20-12-5-13-21-33/h2-21,34-39,44H,22-29H2,1H3,(H,47,51)(H,48,50)(H2,45,46,53)/t34?,35?,36?,37-,39?/m0/s1. The molecule has 4 aromatic carbocycles. The Morgan fingerprint density at radius 2 is 1.28 bits per heavy atom. The number of carbonyl (C=O) groups excluding carboxylic acids is 4. The lowest BCUT2D eigenvalue weighted by molar-refractivity contribution is -0.143. The fraction of sp³-hybridized carbons (Fsp3) is 0.349. The van der Waals surface area contributed by atoms with Crippen molar-refractivity contribution in [3.63, 3.8) is 0 Å². The lowest BCUT2D eigenvalue weighted by Crippen LogP contribution is -2.58. The van der Waals surface area contributed by atoms with E-state index < -0.39 is 18.1 Å². The molecule has 5 atom stereocenters. The highest BCUT2D eigenvalue weighted by Gasteiger charge is 2.48. The SMILES string of the molecule is CNC(Cc1ccccc1)C(=O)NC1C(=O)N2C(CCC1CCNC(=O)NCc1ccccc1)CC[C@H]2C(=O)NC(c1ccccc1)c1ccccc1. The second-order valence-electron chi connectivity index (χ2n) is 14.0. The summed E-state index contributed by atoms with van der Waals surface area (Å²) in [4.78, 5) is 57.4. The normalized spacial score (nSPS) is 20.2. The second kappa shape index (κ2) is 18.3. The highest BCUT2D eigenvalue weighted by Crippen LogP contribution is 2.36. The molecule has 0 saturated carbocycles. The van der Waals surface area contributed by atoms with Crippen LogP contribution in [0.2, 0.25) is 0 Å². The van der Waals surface area contributed by atoms with Gasteiger partial charge in [0.1, 0.15) is 12.1 Å². The van der Waals surface area contributed by atoms with Crippen molar-refractivity contribution in [1.29, 1.82) is 0 Å². The molecule has 2 aliphatic heterocycles. The Labute approximate surface area is 312 Å². The third kappa shape index (κ3) is 9.70. The minimum atomic E-state index is -0.860. The monoisotopic (exact) mass is 714 g/mol. The van der Waals surface area contributed by atoms with Gasteiger partial charge in [0.15, 0.2) is 0 Å². The van der Waals surface area contributed by atoms with E-state index in [4.69, 9.17) is 0 Å². The molecule has 0 aromatic heterocycles. The van der Waals surface area contributed by atoms with Crippen LogP contribution in [0.15, 0.2) is 121 Å². The van der Waals surface area contributed by atoms with E-state index in [1.54, 1.807) is 11.9 Å². The minimum Gasteiger partial charge on any atom is -0.343 e. The first kappa shape index (κ1) is 37.3. The molecule has 2 heterocycles. The second-order valence-corrected chi connectivity index (χ2v) is 14.0. The molecule has 2 fully saturated rings. The van der Waals surface area contributed by atoms with Gasteiger partial charge in [0.25, 0.3) is 0 Å². The van der Waals surface area contributed by atoms with Crippen molar-refractivity contribution in [3.05, 3.63) is 144 Å². The number of hydrogen-bond donors (Lipinski definition) is 5. The van der Waals surface area contributed by atoms with Crippen LogP contribution in [0.4, 0.5) is 4.79 Å². The van der Waals surface area contributed by atoms with E-state index in [0.717, 1.165) is 22.3 Å². The molecule has 276 valence electrons. The molecule has 10 nitrogen and oxygen atoms in total. The van der Waals surface area contributed by atoms with E-state index in [0.29, 0.717) is 51.6 Å². The number of likely N-dealkylation sites (N-methyl/N-ethyl adjacent to an activating group) is 1. The van der Waals surface area contributed by atoms with Gasteiger partial charge in [0.2, 0.25) is 17.7 Å². The van der Waals surface area contributed by atoms with Crippen molar-refractivity contribution in [2.24, 2.45) is 5.92 Å². The first-order chi connectivity index (χ1) is 25.9. The van der Waals surface area contributed by atoms with E-state index in [9.17, 15) is 19.2 Å². The Bertz CT molecular complexity index is 1750. The molecule has 6 rings (SSSR count). The van der Waals surface area contributed by atoms with Crippen molar-refractivity contribution in [2.75, 3.05) is 13.6 Å². The van der Waals surface area contributed by atoms with Crippen LogP contribution in [0.25, 0.3) is 0 Å². The van der Waals surface area contributed by atoms with E-state index in [2.05, 4.69) is 26.6 Å². The number of rotatable bonds is 14. The molecule has 5 amide bonds. The highest BCUT2D eigenvalue weighted by molar-refractivity contribution is 5.94. The lowest BCUT2D eigenvalue weighted by Gasteiger charge is -2.33. The van der Waals surface area contributed by atoms with E-state index >= 15 is 0 Å². The topological polar surface area (TPSA) is 132 Å². The molecule has 0 bridgehead atoms. The smallest absolute Gasteiger partial charge is 0.315 e. The first-order valence-corrected chi connectivity index (χ1v) is 18.7. The van der Waals surface area contributed by atoms with Crippen LogP contribution in [0.5, 0.6) is 0 Å². The van der Waals surface area contributed by atoms with Crippen LogP contribution in [0.3, 0.4) is 0 Å². The third-order valence-corrected chi connectivity index (χ3v) is 10.6. The third-order valence-electron chi connectivity index (χ3n) is 10.6. The number of benzene rings is 4. The summed E-state index contributed by atoms with van der Waals surface area (Å²) in [6, 6.07) is 36.2. The van der Waals surface area contributed by atoms with Crippen LogP contribution >= 0.6 is 0 Å². The number of carbonyl (C=O) groups is 4. The Hall–Kier alpha value is -5.48. The zero-order valence-corrected chi connectivity index (χ0v) is 30.2. The van der Waals surface area contributed by atoms with Gasteiger partial charge in [-0.1, -0.05) is 121 Å². The molecule has 2 saturated heterocycles. The van der Waals surface area contributed by atoms with Crippen molar-refractivity contribution in [2.45, 2.75) is 75.3 Å². The molecule has 0 aliphatic carbocycles. The number of urea groups is 1. The molecule has 0 spiro atoms. The largest absolute Gasteiger partial charge is 0.343 e. The summed E-state index contributed by atoms with van der Waals surface area (Å²) in [6.07, 6.45) is 3.55. The summed E-state index contributed by atoms with van der Waals surface area (Å²) in [5.41, 5.74) is 3.89. The minimum absolute atomic E-state index is 0.124. The number of nitrogens with zero attached hydrogens (tertiary/aromatic N) is 1. The van der Waals surface area contributed by atoms with Crippen molar-refractivity contribution in [1.82, 2.24) is 31.5 Å². The predicted octanol–water partition coefficient (Wildman–Crippen LogP) is 4.87. The van der Waals surface area contributed by atoms with Crippen LogP contribution in [-0.2, 0) is 27.3 Å². The fourth-order valence-electron chi connectivity index (χ4n) is 7.71. The van der Waals surface area contributed by atoms with Gasteiger partial charge in [-0.25, -0.2) is 4.79 Å². The van der Waals surface area contributed by atoms with E-state index in [1.807, 2.05) is 121 Å². The molecule has 4 unspecified atom stereocenters. The Morgan fingerprint density at radius 3 is 1.89 bits per heavy atom. The molecular weight excluding hydrogens is 665 g/mol. The molecule has 2 aliphatic rings. The van der Waals surface area contributed by atoms with Crippen LogP contribution < -0.4 is 26.6 Å². The number of amides is 5. The van der Waals surface area contributed by atoms with Gasteiger partial charge in [0.05, 0.1) is 12.1 Å². The maximum absolute atomic E-state index is 14.8. The number of nitrogens with one attached hydrogen (secondary N) is 5. The molecular formula is C43H50N6O4. The van der Waals surface area contributed by atoms with Gasteiger partial charge in [-0.15, -0.1) is 0 Å². The number of fused-ring (bicyclic) bond motifs is 1. The van der Waals surface area contributed by atoms with Gasteiger partial charge < -0.3 is 31.5 Å².